The lowest BCUT2D eigenvalue weighted by atomic mass is 9.66. The van der Waals surface area contributed by atoms with Crippen molar-refractivity contribution in [1.82, 2.24) is 16.0 Å². The molecule has 4 fully saturated rings. The minimum absolute atomic E-state index is 0.0308. The van der Waals surface area contributed by atoms with Gasteiger partial charge in [0.2, 0.25) is 5.91 Å². The van der Waals surface area contributed by atoms with Crippen LogP contribution in [0.15, 0.2) is 12.1 Å². The van der Waals surface area contributed by atoms with Crippen LogP contribution in [0, 0.1) is 23.2 Å². The molecule has 3 saturated heterocycles. The van der Waals surface area contributed by atoms with Gasteiger partial charge in [-0.05, 0) is 133 Å². The Kier molecular flexibility index (Phi) is 16.2. The second-order valence-corrected chi connectivity index (χ2v) is 20.9. The molecule has 13 nitrogen and oxygen atoms in total. The lowest BCUT2D eigenvalue weighted by Gasteiger charge is -2.49. The quantitative estimate of drug-likeness (QED) is 0.114. The molecule has 0 spiro atoms. The van der Waals surface area contributed by atoms with Crippen LogP contribution in [0.2, 0.25) is 0 Å². The zero-order chi connectivity index (χ0) is 42.2. The fourth-order valence-corrected chi connectivity index (χ4v) is 13.4. The molecule has 1 aromatic carbocycles. The summed E-state index contributed by atoms with van der Waals surface area (Å²) in [6, 6.07) is 3.44. The number of benzene rings is 1. The SMILES string of the molecule is CN[C@@H]1CSSC[C@@](C)(O)CC[C@@H]([C@H](C[C@@H](OC(=O)[C@@]23CCCC[C@@H]2CCC(=O)N3)C2(Cc3ccc(O)c4c3C[C@H](CCO)CO4)CCNCC2)OC(C)=O)CC[C@H]1O. The summed E-state index contributed by atoms with van der Waals surface area (Å²) in [6.45, 7) is 5.00. The molecule has 5 aliphatic rings. The van der Waals surface area contributed by atoms with Crippen LogP contribution in [-0.4, -0.2) is 119 Å². The number of amides is 1. The Morgan fingerprint density at radius 3 is 2.59 bits per heavy atom. The number of ether oxygens (including phenoxy) is 3. The molecule has 4 heterocycles. The zero-order valence-electron chi connectivity index (χ0n) is 35.3. The highest BCUT2D eigenvalue weighted by atomic mass is 33.1. The molecule has 1 amide bonds. The van der Waals surface area contributed by atoms with Crippen LogP contribution in [0.3, 0.4) is 0 Å². The van der Waals surface area contributed by atoms with E-state index in [9.17, 15) is 30.0 Å². The number of hydrogen-bond donors (Lipinski definition) is 7. The molecule has 0 unspecified atom stereocenters. The van der Waals surface area contributed by atoms with Gasteiger partial charge in [0.15, 0.2) is 11.5 Å². The number of fused-ring (bicyclic) bond motifs is 2. The standard InChI is InChI=1S/C44H69N3O10S2/c1-28(49)56-37(30-7-10-35(50)34(45-3)26-58-59-27-42(2,54)16-13-30)23-38(57-41(53)44-15-5-4-6-32(44)9-12-39(52)47-44)43(17-19-46-20-18-43)24-31-8-11-36(51)40-33(31)22-29(14-21-48)25-55-40/h8,11,29-30,32,34-35,37-38,45-46,48,50-51,54H,4-7,9-10,12-27H2,1-3H3,(H,47,52)/t29-,30-,32+,34+,35+,37-,38+,42-,44+/m0/s1. The van der Waals surface area contributed by atoms with E-state index in [2.05, 4.69) is 16.0 Å². The van der Waals surface area contributed by atoms with Gasteiger partial charge in [-0.15, -0.1) is 0 Å². The first-order valence-corrected chi connectivity index (χ1v) is 24.6. The Hall–Kier alpha value is -2.27. The van der Waals surface area contributed by atoms with Crippen LogP contribution < -0.4 is 20.7 Å². The Morgan fingerprint density at radius 2 is 1.85 bits per heavy atom. The van der Waals surface area contributed by atoms with Crippen LogP contribution in [0.5, 0.6) is 11.5 Å². The largest absolute Gasteiger partial charge is 0.504 e. The summed E-state index contributed by atoms with van der Waals surface area (Å²) >= 11 is 0. The van der Waals surface area contributed by atoms with Gasteiger partial charge in [0.25, 0.3) is 0 Å². The number of hydrogen-bond acceptors (Lipinski definition) is 14. The Balaban J connectivity index is 1.41. The van der Waals surface area contributed by atoms with Gasteiger partial charge in [-0.2, -0.15) is 0 Å². The van der Waals surface area contributed by atoms with E-state index in [1.807, 2.05) is 20.0 Å². The number of aromatic hydroxyl groups is 1. The van der Waals surface area contributed by atoms with Crippen LogP contribution in [-0.2, 0) is 36.7 Å². The fourth-order valence-electron chi connectivity index (χ4n) is 10.5. The lowest BCUT2D eigenvalue weighted by Crippen LogP contribution is -2.65. The fraction of sp³-hybridized carbons (Fsp3) is 0.795. The van der Waals surface area contributed by atoms with Crippen molar-refractivity contribution in [2.45, 2.75) is 152 Å². The van der Waals surface area contributed by atoms with E-state index in [1.54, 1.807) is 27.7 Å². The van der Waals surface area contributed by atoms with Crippen molar-refractivity contribution < 1.29 is 49.0 Å². The maximum absolute atomic E-state index is 15.1. The third kappa shape index (κ3) is 11.4. The minimum atomic E-state index is -1.13. The summed E-state index contributed by atoms with van der Waals surface area (Å²) < 4.78 is 19.4. The molecule has 332 valence electrons. The third-order valence-corrected chi connectivity index (χ3v) is 16.8. The molecule has 1 aromatic rings. The van der Waals surface area contributed by atoms with Gasteiger partial charge in [-0.25, -0.2) is 4.79 Å². The van der Waals surface area contributed by atoms with E-state index >= 15 is 4.79 Å². The summed E-state index contributed by atoms with van der Waals surface area (Å²) in [5, 5.41) is 53.6. The first kappa shape index (κ1) is 46.2. The molecule has 7 N–H and O–H groups in total. The number of nitrogens with one attached hydrogen (secondary N) is 3. The van der Waals surface area contributed by atoms with Gasteiger partial charge in [0.05, 0.1) is 18.3 Å². The van der Waals surface area contributed by atoms with Crippen LogP contribution in [0.4, 0.5) is 0 Å². The first-order valence-electron chi connectivity index (χ1n) is 22.1. The molecule has 0 radical (unpaired) electrons. The van der Waals surface area contributed by atoms with Gasteiger partial charge in [-0.3, -0.25) is 9.59 Å². The van der Waals surface area contributed by atoms with Crippen molar-refractivity contribution in [1.29, 1.82) is 0 Å². The highest BCUT2D eigenvalue weighted by molar-refractivity contribution is 8.76. The monoisotopic (exact) mass is 863 g/mol. The molecule has 4 aliphatic heterocycles. The summed E-state index contributed by atoms with van der Waals surface area (Å²) in [4.78, 5) is 41.2. The average Bonchev–Trinajstić information content (AvgIpc) is 3.21. The summed E-state index contributed by atoms with van der Waals surface area (Å²) in [7, 11) is 5.06. The third-order valence-electron chi connectivity index (χ3n) is 14.1. The lowest BCUT2D eigenvalue weighted by molar-refractivity contribution is -0.180. The number of aliphatic hydroxyl groups excluding tert-OH is 2. The van der Waals surface area contributed by atoms with E-state index in [0.717, 1.165) is 30.4 Å². The van der Waals surface area contributed by atoms with E-state index < -0.39 is 46.8 Å². The zero-order valence-corrected chi connectivity index (χ0v) is 36.9. The van der Waals surface area contributed by atoms with Crippen LogP contribution >= 0.6 is 21.6 Å². The highest BCUT2D eigenvalue weighted by Gasteiger charge is 2.54. The second kappa shape index (κ2) is 20.7. The molecule has 15 heteroatoms. The molecule has 6 rings (SSSR count). The predicted octanol–water partition coefficient (Wildman–Crippen LogP) is 4.58. The van der Waals surface area contributed by atoms with Gasteiger partial charge in [0.1, 0.15) is 17.7 Å². The predicted molar refractivity (Wildman–Crippen MR) is 229 cm³/mol. The maximum Gasteiger partial charge on any atom is 0.332 e. The van der Waals surface area contributed by atoms with Crippen molar-refractivity contribution in [2.24, 2.45) is 23.2 Å². The molecule has 0 bridgehead atoms. The maximum atomic E-state index is 15.1. The molecule has 59 heavy (non-hydrogen) atoms. The number of phenolic OH excluding ortho intramolecular Hbond substituents is 1. The van der Waals surface area contributed by atoms with Gasteiger partial charge in [0, 0.05) is 54.9 Å². The number of phenols is 1. The summed E-state index contributed by atoms with van der Waals surface area (Å²) in [5.74, 6) is 0.430. The first-order chi connectivity index (χ1) is 28.3. The van der Waals surface area contributed by atoms with Crippen molar-refractivity contribution >= 4 is 39.4 Å². The van der Waals surface area contributed by atoms with Crippen molar-refractivity contribution in [3.8, 4) is 11.5 Å². The molecule has 1 saturated carbocycles. The second-order valence-electron chi connectivity index (χ2n) is 18.4. The molecular weight excluding hydrogens is 795 g/mol. The number of rotatable bonds is 12. The van der Waals surface area contributed by atoms with Crippen molar-refractivity contribution in [3.63, 3.8) is 0 Å². The number of esters is 2. The Labute approximate surface area is 358 Å². The summed E-state index contributed by atoms with van der Waals surface area (Å²) in [5.41, 5.74) is -0.882. The van der Waals surface area contributed by atoms with E-state index in [4.69, 9.17) is 14.2 Å². The van der Waals surface area contributed by atoms with Crippen LogP contribution in [0.25, 0.3) is 0 Å². The molecular formula is C44H69N3O10S2. The number of carbonyl (C=O) groups is 3. The van der Waals surface area contributed by atoms with E-state index in [1.165, 1.54) is 6.92 Å². The van der Waals surface area contributed by atoms with Gasteiger partial charge >= 0.3 is 11.9 Å². The summed E-state index contributed by atoms with van der Waals surface area (Å²) in [6.07, 6.45) is 7.16. The number of piperidine rings is 2. The molecule has 9 atom stereocenters. The van der Waals surface area contributed by atoms with Crippen LogP contribution in [0.1, 0.15) is 115 Å². The van der Waals surface area contributed by atoms with Gasteiger partial charge in [-0.1, -0.05) is 40.5 Å². The Bertz CT molecular complexity index is 1590. The van der Waals surface area contributed by atoms with Gasteiger partial charge < -0.3 is 50.6 Å². The molecule has 1 aliphatic carbocycles. The topological polar surface area (TPSA) is 196 Å². The van der Waals surface area contributed by atoms with Crippen molar-refractivity contribution in [2.75, 3.05) is 44.9 Å². The smallest absolute Gasteiger partial charge is 0.332 e. The number of likely N-dealkylation sites (N-methyl/N-ethyl adjacent to an activating group) is 1. The molecule has 0 aromatic heterocycles. The average molecular weight is 864 g/mol. The van der Waals surface area contributed by atoms with E-state index in [0.29, 0.717) is 114 Å². The number of aliphatic hydroxyl groups is 3. The Morgan fingerprint density at radius 1 is 1.05 bits per heavy atom. The highest BCUT2D eigenvalue weighted by Crippen LogP contribution is 2.48. The number of carbonyl (C=O) groups excluding carboxylic acids is 3. The van der Waals surface area contributed by atoms with Crippen molar-refractivity contribution in [3.05, 3.63) is 23.3 Å². The van der Waals surface area contributed by atoms with E-state index in [-0.39, 0.29) is 48.5 Å². The minimum Gasteiger partial charge on any atom is -0.504 e. The normalized spacial score (nSPS) is 32.6.